The Morgan fingerprint density at radius 3 is 1.09 bits per heavy atom. The summed E-state index contributed by atoms with van der Waals surface area (Å²) in [5, 5.41) is 8.26. The van der Waals surface area contributed by atoms with E-state index in [2.05, 4.69) is 32.5 Å². The molecule has 64 heavy (non-hydrogen) atoms. The van der Waals surface area contributed by atoms with Crippen LogP contribution >= 0.6 is 36.0 Å². The molecule has 0 aliphatic heterocycles. The number of hydrogen-bond donors (Lipinski definition) is 2. The molecule has 15 heteroatoms. The molecule has 1 heterocycles. The third kappa shape index (κ3) is 97.4. The van der Waals surface area contributed by atoms with Crippen LogP contribution in [0.25, 0.3) is 10.6 Å². The number of rotatable bonds is 3. The Hall–Kier alpha value is 1.69. The van der Waals surface area contributed by atoms with E-state index in [9.17, 15) is 0 Å². The zero-order valence-corrected chi connectivity index (χ0v) is 49.3. The summed E-state index contributed by atoms with van der Waals surface area (Å²) in [5.74, 6) is 1.30. The molecule has 0 atom stereocenters. The van der Waals surface area contributed by atoms with E-state index in [1.54, 1.807) is 25.1 Å². The largest absolute Gasteiger partial charge is 0.427 e. The molecule has 381 valence electrons. The van der Waals surface area contributed by atoms with Crippen LogP contribution in [0.15, 0.2) is 77.8 Å². The fourth-order valence-corrected chi connectivity index (χ4v) is 3.28. The molecule has 0 saturated carbocycles. The first-order valence-electron chi connectivity index (χ1n) is 19.4. The van der Waals surface area contributed by atoms with E-state index in [0.29, 0.717) is 15.8 Å². The molecule has 0 amide bonds. The molecule has 4 rings (SSSR count). The maximum Gasteiger partial charge on any atom is 0.129 e. The van der Waals surface area contributed by atoms with Crippen LogP contribution in [0.4, 0.5) is 0 Å². The van der Waals surface area contributed by atoms with E-state index in [4.69, 9.17) is 41.2 Å². The Bertz CT molecular complexity index is 1300. The summed E-state index contributed by atoms with van der Waals surface area (Å²) in [4.78, 5) is 9.08. The van der Waals surface area contributed by atoms with Crippen molar-refractivity contribution in [2.45, 2.75) is 175 Å². The minimum absolute atomic E-state index is 0. The predicted molar refractivity (Wildman–Crippen MR) is 285 cm³/mol. The van der Waals surface area contributed by atoms with Crippen LogP contribution in [-0.4, -0.2) is 25.2 Å². The monoisotopic (exact) mass is 1140 g/mol. The second-order valence-corrected chi connectivity index (χ2v) is 8.20. The normalized spacial score (nSPS) is 6.22. The summed E-state index contributed by atoms with van der Waals surface area (Å²) >= 11 is 11.1. The molecule has 3 aromatic carbocycles. The Kier molecular flexibility index (Phi) is 248. The van der Waals surface area contributed by atoms with Gasteiger partial charge >= 0.3 is 0 Å². The van der Waals surface area contributed by atoms with Gasteiger partial charge in [0.05, 0.1) is 21.9 Å². The van der Waals surface area contributed by atoms with E-state index in [0.717, 1.165) is 27.5 Å². The van der Waals surface area contributed by atoms with Gasteiger partial charge in [-0.15, -0.1) is 132 Å². The number of nitrogens with two attached hydrogens (primary N) is 2. The van der Waals surface area contributed by atoms with Crippen molar-refractivity contribution >= 4 is 51.8 Å². The standard InChI is InChI=1S/C9H7N2S.C9H9N2S.C7H6NS.C2H3N.9C2H6.4CH4.3Ar.3V/c1-7-10-9(12-11-7)8-5-3-2-4-6-8;1-7(10)11-9(12)8-5-3-2-4-6-8;8-7(9)6-4-2-1-3-5-6;1-2-3;9*1-2;;;;;;;;;;/h2-5H,1H3;2-5H,1H3,(H2,10,11,12);1-4H,(H2,8,9);1H3;9*1-2H3;4*1H4;;;;;;/q3*-1;;;;;;;;;;;;;;;;;;;;. The van der Waals surface area contributed by atoms with E-state index >= 15 is 0 Å². The molecule has 6 nitrogen and oxygen atoms in total. The number of amidine groups is 1. The number of aromatic nitrogens is 2. The van der Waals surface area contributed by atoms with E-state index in [1.807, 2.05) is 192 Å². The molecular formula is C49H95Ar3N6S3V3-3. The molecule has 4 N–H and O–H groups in total. The Balaban J connectivity index is -0.0000000218. The van der Waals surface area contributed by atoms with Crippen molar-refractivity contribution in [3.8, 4) is 16.6 Å². The maximum atomic E-state index is 7.32. The summed E-state index contributed by atoms with van der Waals surface area (Å²) in [5.41, 5.74) is 13.3. The second-order valence-electron chi connectivity index (χ2n) is 6.62. The Morgan fingerprint density at radius 1 is 0.594 bits per heavy atom. The van der Waals surface area contributed by atoms with Gasteiger partial charge in [-0.25, -0.2) is 0 Å². The molecule has 0 bridgehead atoms. The van der Waals surface area contributed by atoms with Crippen molar-refractivity contribution in [1.82, 2.24) is 9.36 Å². The van der Waals surface area contributed by atoms with Crippen LogP contribution in [0, 0.1) is 150 Å². The molecule has 0 saturated heterocycles. The molecule has 0 aliphatic carbocycles. The van der Waals surface area contributed by atoms with Gasteiger partial charge in [-0.05, 0) is 13.8 Å². The third-order valence-corrected chi connectivity index (χ3v) is 5.03. The average Bonchev–Trinajstić information content (AvgIpc) is 3.72. The summed E-state index contributed by atoms with van der Waals surface area (Å²) in [6.45, 7) is 41.0. The first-order chi connectivity index (χ1) is 26.3. The van der Waals surface area contributed by atoms with Gasteiger partial charge < -0.3 is 11.5 Å². The van der Waals surface area contributed by atoms with Crippen molar-refractivity contribution in [3.05, 3.63) is 108 Å². The summed E-state index contributed by atoms with van der Waals surface area (Å²) in [6.07, 6.45) is 0. The quantitative estimate of drug-likeness (QED) is 0.0909. The first kappa shape index (κ1) is 126. The van der Waals surface area contributed by atoms with Crippen molar-refractivity contribution in [1.29, 1.82) is 5.26 Å². The number of thiocarbonyl (C=S) groups is 2. The molecule has 4 aromatic rings. The number of nitriles is 1. The Morgan fingerprint density at radius 2 is 0.891 bits per heavy atom. The van der Waals surface area contributed by atoms with Crippen LogP contribution in [0.1, 0.15) is 185 Å². The average molecular weight is 1140 g/mol. The van der Waals surface area contributed by atoms with Gasteiger partial charge in [0.25, 0.3) is 0 Å². The zero-order chi connectivity index (χ0) is 44.8. The van der Waals surface area contributed by atoms with Crippen molar-refractivity contribution in [2.75, 3.05) is 0 Å². The molecular weight excluding hydrogens is 1040 g/mol. The summed E-state index contributed by atoms with van der Waals surface area (Å²) in [7, 11) is 0. The van der Waals surface area contributed by atoms with Gasteiger partial charge in [-0.1, -0.05) is 166 Å². The number of aliphatic imine (C=N–C) groups is 1. The number of aryl methyl sites for hydroxylation is 1. The van der Waals surface area contributed by atoms with Gasteiger partial charge in [0, 0.05) is 181 Å². The fraction of sp³-hybridized carbons (Fsp3) is 0.510. The molecule has 1 aromatic heterocycles. The first-order valence-corrected chi connectivity index (χ1v) is 21.0. The molecule has 0 unspecified atom stereocenters. The van der Waals surface area contributed by atoms with Crippen LogP contribution in [0.2, 0.25) is 0 Å². The topological polar surface area (TPSA) is 114 Å². The van der Waals surface area contributed by atoms with E-state index in [-0.39, 0.29) is 199 Å². The third-order valence-electron chi connectivity index (χ3n) is 3.66. The van der Waals surface area contributed by atoms with E-state index in [1.165, 1.54) is 18.5 Å². The maximum absolute atomic E-state index is 7.32. The van der Waals surface area contributed by atoms with Crippen molar-refractivity contribution in [3.63, 3.8) is 0 Å². The van der Waals surface area contributed by atoms with Crippen LogP contribution in [0.5, 0.6) is 0 Å². The molecule has 0 fully saturated rings. The Labute approximate surface area is 543 Å². The predicted octanol–water partition coefficient (Wildman–Crippen LogP) is 17.3. The fourth-order valence-electron chi connectivity index (χ4n) is 2.23. The minimum Gasteiger partial charge on any atom is -0.427 e. The van der Waals surface area contributed by atoms with Gasteiger partial charge in [0.2, 0.25) is 0 Å². The van der Waals surface area contributed by atoms with Crippen molar-refractivity contribution in [2.24, 2.45) is 16.5 Å². The van der Waals surface area contributed by atoms with Crippen molar-refractivity contribution < 1.29 is 169 Å². The minimum atomic E-state index is 0. The number of benzene rings is 3. The number of nitrogens with zero attached hydrogens (tertiary/aromatic N) is 4. The van der Waals surface area contributed by atoms with Gasteiger partial charge in [-0.2, -0.15) is 9.64 Å². The number of hydrogen-bond acceptors (Lipinski definition) is 6. The summed E-state index contributed by atoms with van der Waals surface area (Å²) < 4.78 is 4.10. The zero-order valence-electron chi connectivity index (χ0n) is 40.5. The van der Waals surface area contributed by atoms with Gasteiger partial charge in [0.1, 0.15) is 5.82 Å². The van der Waals surface area contributed by atoms with Gasteiger partial charge in [-0.3, -0.25) is 9.98 Å². The molecule has 0 spiro atoms. The second kappa shape index (κ2) is 126. The van der Waals surface area contributed by atoms with Crippen LogP contribution in [-0.2, 0) is 55.7 Å². The summed E-state index contributed by atoms with van der Waals surface area (Å²) in [6, 6.07) is 33.3. The molecule has 0 aliphatic rings. The smallest absolute Gasteiger partial charge is 0.129 e. The van der Waals surface area contributed by atoms with Crippen LogP contribution in [0.3, 0.4) is 0 Å². The van der Waals surface area contributed by atoms with Gasteiger partial charge in [0.15, 0.2) is 0 Å². The molecule has 3 radical (unpaired) electrons. The SMILES string of the molecule is C.C.C.C.CC.CC.CC.CC.CC.CC.CC.CC.CC.CC#N.CC(N)=NC(=S)c1[c-]cccc1.Cc1nsc(-c2[c-]cccc2)n1.NC(=S)c1[c-]cccc1.[Ar].[Ar].[Ar].[V].[V].[V]. The van der Waals surface area contributed by atoms with Crippen LogP contribution < -0.4 is 11.5 Å². The van der Waals surface area contributed by atoms with E-state index < -0.39 is 0 Å².